The van der Waals surface area contributed by atoms with Crippen molar-refractivity contribution in [3.63, 3.8) is 0 Å². The third kappa shape index (κ3) is 5.57. The number of carbonyl (C=O) groups is 2. The van der Waals surface area contributed by atoms with E-state index in [-0.39, 0.29) is 18.2 Å². The highest BCUT2D eigenvalue weighted by Crippen LogP contribution is 2.23. The molecule has 0 atom stereocenters. The highest BCUT2D eigenvalue weighted by molar-refractivity contribution is 6.04. The molecule has 0 bridgehead atoms. The van der Waals surface area contributed by atoms with Gasteiger partial charge in [-0.05, 0) is 24.6 Å². The van der Waals surface area contributed by atoms with Gasteiger partial charge in [0, 0.05) is 32.7 Å². The number of carbonyl (C=O) groups excluding carboxylic acids is 2. The monoisotopic (exact) mass is 381 g/mol. The summed E-state index contributed by atoms with van der Waals surface area (Å²) in [6.45, 7) is 6.21. The van der Waals surface area contributed by atoms with Crippen molar-refractivity contribution in [2.24, 2.45) is 0 Å². The average Bonchev–Trinajstić information content (AvgIpc) is 2.71. The Morgan fingerprint density at radius 2 is 1.64 bits per heavy atom. The first-order valence-electron chi connectivity index (χ1n) is 9.71. The van der Waals surface area contributed by atoms with Crippen molar-refractivity contribution in [2.75, 3.05) is 38.1 Å². The van der Waals surface area contributed by atoms with Crippen molar-refractivity contribution in [3.8, 4) is 5.75 Å². The van der Waals surface area contributed by atoms with Crippen LogP contribution in [-0.4, -0.2) is 54.4 Å². The maximum absolute atomic E-state index is 12.5. The molecule has 2 aromatic carbocycles. The number of amides is 2. The minimum absolute atomic E-state index is 0.134. The third-order valence-electron chi connectivity index (χ3n) is 4.75. The number of hydrogen-bond donors (Lipinski definition) is 1. The average molecular weight is 381 g/mol. The molecule has 0 saturated carbocycles. The molecule has 1 aliphatic rings. The van der Waals surface area contributed by atoms with Gasteiger partial charge in [0.1, 0.15) is 12.2 Å². The van der Waals surface area contributed by atoms with E-state index in [4.69, 9.17) is 4.74 Å². The molecule has 0 unspecified atom stereocenters. The Morgan fingerprint density at radius 1 is 0.964 bits per heavy atom. The number of nitrogens with zero attached hydrogens (tertiary/aromatic N) is 2. The minimum Gasteiger partial charge on any atom is -0.492 e. The van der Waals surface area contributed by atoms with Crippen LogP contribution in [0.25, 0.3) is 0 Å². The van der Waals surface area contributed by atoms with Gasteiger partial charge in [0.15, 0.2) is 0 Å². The lowest BCUT2D eigenvalue weighted by atomic mass is 10.2. The quantitative estimate of drug-likeness (QED) is 0.749. The van der Waals surface area contributed by atoms with Gasteiger partial charge in [0.2, 0.25) is 11.8 Å². The minimum atomic E-state index is -0.316. The summed E-state index contributed by atoms with van der Waals surface area (Å²) in [4.78, 5) is 28.9. The molecule has 28 heavy (non-hydrogen) atoms. The molecule has 1 aliphatic heterocycles. The van der Waals surface area contributed by atoms with E-state index in [1.807, 2.05) is 37.3 Å². The van der Waals surface area contributed by atoms with Gasteiger partial charge in [-0.1, -0.05) is 42.5 Å². The third-order valence-corrected chi connectivity index (χ3v) is 4.75. The first kappa shape index (κ1) is 19.9. The van der Waals surface area contributed by atoms with Gasteiger partial charge >= 0.3 is 0 Å². The molecule has 0 spiro atoms. The largest absolute Gasteiger partial charge is 0.492 e. The predicted molar refractivity (Wildman–Crippen MR) is 109 cm³/mol. The van der Waals surface area contributed by atoms with Crippen molar-refractivity contribution in [2.45, 2.75) is 19.9 Å². The Hall–Kier alpha value is -2.86. The van der Waals surface area contributed by atoms with Crippen LogP contribution < -0.4 is 10.1 Å². The van der Waals surface area contributed by atoms with E-state index >= 15 is 0 Å². The summed E-state index contributed by atoms with van der Waals surface area (Å²) in [5, 5.41) is 2.78. The fourth-order valence-corrected chi connectivity index (χ4v) is 3.29. The van der Waals surface area contributed by atoms with Crippen molar-refractivity contribution >= 4 is 17.5 Å². The van der Waals surface area contributed by atoms with Gasteiger partial charge in [-0.2, -0.15) is 0 Å². The van der Waals surface area contributed by atoms with Gasteiger partial charge in [0.25, 0.3) is 0 Å². The number of benzene rings is 2. The van der Waals surface area contributed by atoms with Gasteiger partial charge in [-0.25, -0.2) is 0 Å². The summed E-state index contributed by atoms with van der Waals surface area (Å²) < 4.78 is 5.50. The summed E-state index contributed by atoms with van der Waals surface area (Å²) in [6, 6.07) is 17.6. The van der Waals surface area contributed by atoms with E-state index in [0.29, 0.717) is 31.1 Å². The Kier molecular flexibility index (Phi) is 7.03. The Balaban J connectivity index is 1.46. The molecule has 0 aliphatic carbocycles. The number of para-hydroxylation sites is 2. The molecular weight excluding hydrogens is 354 g/mol. The van der Waals surface area contributed by atoms with Gasteiger partial charge < -0.3 is 15.0 Å². The first-order chi connectivity index (χ1) is 13.7. The lowest BCUT2D eigenvalue weighted by Gasteiger charge is -2.34. The molecule has 1 fully saturated rings. The van der Waals surface area contributed by atoms with Crippen molar-refractivity contribution in [3.05, 3.63) is 60.2 Å². The number of ether oxygens (including phenoxy) is 1. The van der Waals surface area contributed by atoms with E-state index in [1.165, 1.54) is 5.56 Å². The van der Waals surface area contributed by atoms with Crippen LogP contribution in [0.2, 0.25) is 0 Å². The van der Waals surface area contributed by atoms with Crippen molar-refractivity contribution < 1.29 is 14.3 Å². The molecule has 2 amide bonds. The van der Waals surface area contributed by atoms with Crippen LogP contribution in [-0.2, 0) is 16.1 Å². The van der Waals surface area contributed by atoms with E-state index in [9.17, 15) is 9.59 Å². The van der Waals surface area contributed by atoms with E-state index in [1.54, 1.807) is 17.0 Å². The summed E-state index contributed by atoms with van der Waals surface area (Å²) in [6.07, 6.45) is -0.154. The van der Waals surface area contributed by atoms with E-state index in [0.717, 1.165) is 19.6 Å². The first-order valence-corrected chi connectivity index (χ1v) is 9.71. The molecular formula is C22H27N3O3. The zero-order valence-electron chi connectivity index (χ0n) is 16.3. The Labute approximate surface area is 166 Å². The molecule has 1 N–H and O–H groups in total. The van der Waals surface area contributed by atoms with Gasteiger partial charge in [-0.15, -0.1) is 0 Å². The maximum atomic E-state index is 12.5. The lowest BCUT2D eigenvalue weighted by molar-refractivity contribution is -0.136. The van der Waals surface area contributed by atoms with E-state index < -0.39 is 0 Å². The van der Waals surface area contributed by atoms with Crippen LogP contribution in [0.5, 0.6) is 5.75 Å². The van der Waals surface area contributed by atoms with Crippen LogP contribution >= 0.6 is 0 Å². The topological polar surface area (TPSA) is 61.9 Å². The number of hydrogen-bond acceptors (Lipinski definition) is 4. The maximum Gasteiger partial charge on any atom is 0.233 e. The predicted octanol–water partition coefficient (Wildman–Crippen LogP) is 2.76. The van der Waals surface area contributed by atoms with Crippen LogP contribution in [0.1, 0.15) is 18.9 Å². The molecule has 2 aromatic rings. The van der Waals surface area contributed by atoms with Crippen LogP contribution in [0.4, 0.5) is 5.69 Å². The van der Waals surface area contributed by atoms with Gasteiger partial charge in [-0.3, -0.25) is 14.5 Å². The molecule has 0 aromatic heterocycles. The molecule has 0 radical (unpaired) electrons. The fourth-order valence-electron chi connectivity index (χ4n) is 3.29. The zero-order valence-corrected chi connectivity index (χ0v) is 16.3. The molecule has 6 heteroatoms. The summed E-state index contributed by atoms with van der Waals surface area (Å²) in [5.41, 5.74) is 1.87. The second kappa shape index (κ2) is 9.90. The highest BCUT2D eigenvalue weighted by atomic mass is 16.5. The number of piperazine rings is 1. The second-order valence-electron chi connectivity index (χ2n) is 6.80. The SMILES string of the molecule is CCOc1ccccc1NC(=O)CC(=O)N1CCN(Cc2ccccc2)CC1. The van der Waals surface area contributed by atoms with Crippen molar-refractivity contribution in [1.82, 2.24) is 9.80 Å². The van der Waals surface area contributed by atoms with Gasteiger partial charge in [0.05, 0.1) is 12.3 Å². The van der Waals surface area contributed by atoms with Crippen LogP contribution in [0.15, 0.2) is 54.6 Å². The smallest absolute Gasteiger partial charge is 0.233 e. The molecule has 1 saturated heterocycles. The second-order valence-corrected chi connectivity index (χ2v) is 6.80. The summed E-state index contributed by atoms with van der Waals surface area (Å²) >= 11 is 0. The summed E-state index contributed by atoms with van der Waals surface area (Å²) in [5.74, 6) is 0.162. The Bertz CT molecular complexity index is 787. The molecule has 3 rings (SSSR count). The van der Waals surface area contributed by atoms with E-state index in [2.05, 4.69) is 22.3 Å². The molecule has 1 heterocycles. The van der Waals surface area contributed by atoms with Crippen LogP contribution in [0, 0.1) is 0 Å². The van der Waals surface area contributed by atoms with Crippen molar-refractivity contribution in [1.29, 1.82) is 0 Å². The lowest BCUT2D eigenvalue weighted by Crippen LogP contribution is -2.48. The zero-order chi connectivity index (χ0) is 19.8. The highest BCUT2D eigenvalue weighted by Gasteiger charge is 2.23. The Morgan fingerprint density at radius 3 is 2.36 bits per heavy atom. The number of anilines is 1. The molecule has 148 valence electrons. The van der Waals surface area contributed by atoms with Crippen LogP contribution in [0.3, 0.4) is 0 Å². The fraction of sp³-hybridized carbons (Fsp3) is 0.364. The standard InChI is InChI=1S/C22H27N3O3/c1-2-28-20-11-7-6-10-19(20)23-21(26)16-22(27)25-14-12-24(13-15-25)17-18-8-4-3-5-9-18/h3-11H,2,12-17H2,1H3,(H,23,26). The number of nitrogens with one attached hydrogen (secondary N) is 1. The normalized spacial score (nSPS) is 14.5. The molecule has 6 nitrogen and oxygen atoms in total. The number of rotatable bonds is 7. The summed E-state index contributed by atoms with van der Waals surface area (Å²) in [7, 11) is 0.